The van der Waals surface area contributed by atoms with Gasteiger partial charge in [-0.3, -0.25) is 19.4 Å². The molecule has 164 valence electrons. The second-order valence-corrected chi connectivity index (χ2v) is 7.76. The Balaban J connectivity index is 1.66. The molecule has 2 amide bonds. The molecule has 1 unspecified atom stereocenters. The molecule has 0 aliphatic carbocycles. The monoisotopic (exact) mass is 473 g/mol. The van der Waals surface area contributed by atoms with E-state index in [9.17, 15) is 14.4 Å². The highest BCUT2D eigenvalue weighted by atomic mass is 35.5. The molecular weight excluding hydrogens is 457 g/mol. The molecule has 11 heteroatoms. The molecule has 4 N–H and O–H groups in total. The highest BCUT2D eigenvalue weighted by molar-refractivity contribution is 6.35. The second-order valence-electron chi connectivity index (χ2n) is 6.92. The van der Waals surface area contributed by atoms with Crippen molar-refractivity contribution in [1.29, 1.82) is 0 Å². The highest BCUT2D eigenvalue weighted by Crippen LogP contribution is 2.33. The number of anilines is 4. The maximum Gasteiger partial charge on any atom is 0.258 e. The molecule has 0 bridgehead atoms. The number of benzene rings is 2. The minimum Gasteiger partial charge on any atom is -0.495 e. The number of amides is 2. The van der Waals surface area contributed by atoms with Gasteiger partial charge in [-0.15, -0.1) is 0 Å². The van der Waals surface area contributed by atoms with Crippen LogP contribution in [0.4, 0.5) is 23.1 Å². The van der Waals surface area contributed by atoms with E-state index in [1.54, 1.807) is 30.3 Å². The van der Waals surface area contributed by atoms with Crippen LogP contribution < -0.4 is 26.2 Å². The van der Waals surface area contributed by atoms with Crippen LogP contribution in [0.15, 0.2) is 47.3 Å². The van der Waals surface area contributed by atoms with Crippen LogP contribution >= 0.6 is 23.2 Å². The van der Waals surface area contributed by atoms with Crippen molar-refractivity contribution < 1.29 is 14.3 Å². The zero-order chi connectivity index (χ0) is 22.8. The SMILES string of the molecule is COc1ccccc1Nc1nc2c(c(=O)[nH]1)C(C(=O)Nc1cc(Cl)ccc1Cl)CC(=O)N2. The van der Waals surface area contributed by atoms with Crippen molar-refractivity contribution in [3.8, 4) is 5.75 Å². The smallest absolute Gasteiger partial charge is 0.258 e. The van der Waals surface area contributed by atoms with Crippen LogP contribution in [0, 0.1) is 0 Å². The zero-order valence-electron chi connectivity index (χ0n) is 16.7. The van der Waals surface area contributed by atoms with Gasteiger partial charge in [0.15, 0.2) is 0 Å². The van der Waals surface area contributed by atoms with Crippen molar-refractivity contribution in [1.82, 2.24) is 9.97 Å². The summed E-state index contributed by atoms with van der Waals surface area (Å²) in [6.07, 6.45) is -0.221. The summed E-state index contributed by atoms with van der Waals surface area (Å²) >= 11 is 12.1. The van der Waals surface area contributed by atoms with Crippen LogP contribution in [0.2, 0.25) is 10.0 Å². The first-order valence-electron chi connectivity index (χ1n) is 9.45. The largest absolute Gasteiger partial charge is 0.495 e. The van der Waals surface area contributed by atoms with Gasteiger partial charge >= 0.3 is 0 Å². The number of halogens is 2. The summed E-state index contributed by atoms with van der Waals surface area (Å²) in [5, 5.41) is 8.78. The fourth-order valence-electron chi connectivity index (χ4n) is 3.34. The van der Waals surface area contributed by atoms with Crippen molar-refractivity contribution in [2.24, 2.45) is 0 Å². The minimum atomic E-state index is -1.06. The van der Waals surface area contributed by atoms with E-state index in [-0.39, 0.29) is 34.5 Å². The first kappa shape index (κ1) is 21.7. The van der Waals surface area contributed by atoms with Crippen LogP contribution in [0.5, 0.6) is 5.75 Å². The van der Waals surface area contributed by atoms with E-state index < -0.39 is 23.3 Å². The van der Waals surface area contributed by atoms with Gasteiger partial charge in [0.1, 0.15) is 11.6 Å². The number of nitrogens with zero attached hydrogens (tertiary/aromatic N) is 1. The Hall–Kier alpha value is -3.56. The molecule has 9 nitrogen and oxygen atoms in total. The van der Waals surface area contributed by atoms with E-state index in [0.29, 0.717) is 16.5 Å². The van der Waals surface area contributed by atoms with Gasteiger partial charge in [0, 0.05) is 11.4 Å². The van der Waals surface area contributed by atoms with Gasteiger partial charge in [-0.25, -0.2) is 0 Å². The van der Waals surface area contributed by atoms with Gasteiger partial charge in [0.05, 0.1) is 35.0 Å². The van der Waals surface area contributed by atoms with Crippen LogP contribution in [0.3, 0.4) is 0 Å². The molecule has 2 heterocycles. The molecule has 32 heavy (non-hydrogen) atoms. The molecule has 1 aliphatic rings. The maximum atomic E-state index is 12.9. The van der Waals surface area contributed by atoms with E-state index in [2.05, 4.69) is 25.9 Å². The molecule has 1 atom stereocenters. The lowest BCUT2D eigenvalue weighted by atomic mass is 9.92. The van der Waals surface area contributed by atoms with E-state index >= 15 is 0 Å². The average Bonchev–Trinajstić information content (AvgIpc) is 2.75. The number of fused-ring (bicyclic) bond motifs is 1. The number of para-hydroxylation sites is 2. The zero-order valence-corrected chi connectivity index (χ0v) is 18.2. The van der Waals surface area contributed by atoms with E-state index in [4.69, 9.17) is 27.9 Å². The van der Waals surface area contributed by atoms with Gasteiger partial charge in [-0.2, -0.15) is 4.98 Å². The lowest BCUT2D eigenvalue weighted by molar-refractivity contribution is -0.123. The van der Waals surface area contributed by atoms with Crippen molar-refractivity contribution >= 4 is 58.2 Å². The van der Waals surface area contributed by atoms with Gasteiger partial charge in [-0.05, 0) is 30.3 Å². The number of hydrogen-bond acceptors (Lipinski definition) is 6. The third-order valence-corrected chi connectivity index (χ3v) is 5.38. The number of H-pyrrole nitrogens is 1. The summed E-state index contributed by atoms with van der Waals surface area (Å²) in [4.78, 5) is 45.0. The van der Waals surface area contributed by atoms with Crippen LogP contribution in [0.25, 0.3) is 0 Å². The summed E-state index contributed by atoms with van der Waals surface area (Å²) in [5.74, 6) is -1.48. The van der Waals surface area contributed by atoms with E-state index in [1.807, 2.05) is 0 Å². The molecule has 0 fully saturated rings. The van der Waals surface area contributed by atoms with Crippen LogP contribution in [-0.4, -0.2) is 28.9 Å². The maximum absolute atomic E-state index is 12.9. The van der Waals surface area contributed by atoms with Crippen LogP contribution in [-0.2, 0) is 9.59 Å². The Kier molecular flexibility index (Phi) is 6.02. The second kappa shape index (κ2) is 8.89. The number of aromatic nitrogens is 2. The lowest BCUT2D eigenvalue weighted by Gasteiger charge is -2.24. The fraction of sp³-hybridized carbons (Fsp3) is 0.143. The number of ether oxygens (including phenoxy) is 1. The first-order chi connectivity index (χ1) is 15.4. The van der Waals surface area contributed by atoms with E-state index in [1.165, 1.54) is 19.2 Å². The number of methoxy groups -OCH3 is 1. The summed E-state index contributed by atoms with van der Waals surface area (Å²) in [6, 6.07) is 11.6. The topological polar surface area (TPSA) is 125 Å². The average molecular weight is 474 g/mol. The van der Waals surface area contributed by atoms with Gasteiger partial charge < -0.3 is 20.7 Å². The Morgan fingerprint density at radius 1 is 1.16 bits per heavy atom. The quantitative estimate of drug-likeness (QED) is 0.445. The minimum absolute atomic E-state index is 0.000242. The fourth-order valence-corrected chi connectivity index (χ4v) is 3.68. The van der Waals surface area contributed by atoms with Crippen molar-refractivity contribution in [3.05, 3.63) is 68.4 Å². The predicted octanol–water partition coefficient (Wildman–Crippen LogP) is 3.89. The van der Waals surface area contributed by atoms with Gasteiger partial charge in [0.25, 0.3) is 5.56 Å². The summed E-state index contributed by atoms with van der Waals surface area (Å²) in [5.41, 5.74) is 0.316. The van der Waals surface area contributed by atoms with Gasteiger partial charge in [0.2, 0.25) is 17.8 Å². The molecule has 1 aromatic heterocycles. The Labute approximate surface area is 192 Å². The Morgan fingerprint density at radius 3 is 2.72 bits per heavy atom. The molecule has 0 saturated carbocycles. The molecule has 3 aromatic rings. The van der Waals surface area contributed by atoms with Crippen molar-refractivity contribution in [2.45, 2.75) is 12.3 Å². The molecular formula is C21H17Cl2N5O4. The normalized spacial score (nSPS) is 14.8. The first-order valence-corrected chi connectivity index (χ1v) is 10.2. The Morgan fingerprint density at radius 2 is 1.94 bits per heavy atom. The summed E-state index contributed by atoms with van der Waals surface area (Å²) in [6.45, 7) is 0. The highest BCUT2D eigenvalue weighted by Gasteiger charge is 2.35. The van der Waals surface area contributed by atoms with Gasteiger partial charge in [-0.1, -0.05) is 35.3 Å². The number of hydrogen-bond donors (Lipinski definition) is 4. The third kappa shape index (κ3) is 4.39. The number of carbonyl (C=O) groups excluding carboxylic acids is 2. The predicted molar refractivity (Wildman–Crippen MR) is 122 cm³/mol. The molecule has 0 radical (unpaired) electrons. The van der Waals surface area contributed by atoms with E-state index in [0.717, 1.165) is 0 Å². The Bertz CT molecular complexity index is 1280. The van der Waals surface area contributed by atoms with Crippen LogP contribution in [0.1, 0.15) is 17.9 Å². The number of nitrogens with one attached hydrogen (secondary N) is 4. The van der Waals surface area contributed by atoms with Crippen molar-refractivity contribution in [3.63, 3.8) is 0 Å². The third-order valence-electron chi connectivity index (χ3n) is 4.81. The van der Waals surface area contributed by atoms with Crippen molar-refractivity contribution in [2.75, 3.05) is 23.1 Å². The molecule has 2 aromatic carbocycles. The number of aromatic amines is 1. The standard InChI is InChI=1S/C21H17Cl2N5O4/c1-32-15-5-3-2-4-13(15)25-21-27-18-17(20(31)28-21)11(9-16(29)26-18)19(30)24-14-8-10(22)6-7-12(14)23/h2-8,11H,9H2,1H3,(H,24,30)(H3,25,26,27,28,29,31). The molecule has 0 saturated heterocycles. The summed E-state index contributed by atoms with van der Waals surface area (Å²) < 4.78 is 5.28. The molecule has 0 spiro atoms. The number of rotatable bonds is 5. The molecule has 1 aliphatic heterocycles. The summed E-state index contributed by atoms with van der Waals surface area (Å²) in [7, 11) is 1.51. The lowest BCUT2D eigenvalue weighted by Crippen LogP contribution is -2.36. The number of carbonyl (C=O) groups is 2. The molecule has 4 rings (SSSR count).